The highest BCUT2D eigenvalue weighted by atomic mass is 32.1. The molecule has 3 nitrogen and oxygen atoms in total. The van der Waals surface area contributed by atoms with E-state index in [1.807, 2.05) is 4.90 Å². The second kappa shape index (κ2) is 4.86. The Kier molecular flexibility index (Phi) is 3.00. The van der Waals surface area contributed by atoms with Gasteiger partial charge < -0.3 is 10.2 Å². The number of benzene rings is 1. The minimum absolute atomic E-state index is 0.216. The smallest absolute Gasteiger partial charge is 0.227 e. The number of hydrogen-bond donors (Lipinski definition) is 1. The van der Waals surface area contributed by atoms with Crippen LogP contribution in [0.15, 0.2) is 29.6 Å². The highest BCUT2D eigenvalue weighted by molar-refractivity contribution is 7.17. The van der Waals surface area contributed by atoms with Crippen LogP contribution < -0.4 is 5.32 Å². The molecule has 20 heavy (non-hydrogen) atoms. The summed E-state index contributed by atoms with van der Waals surface area (Å²) in [5.41, 5.74) is 1.29. The number of thiophene rings is 1. The van der Waals surface area contributed by atoms with E-state index in [9.17, 15) is 4.79 Å². The molecule has 2 unspecified atom stereocenters. The molecule has 1 aromatic heterocycles. The van der Waals surface area contributed by atoms with E-state index in [1.54, 1.807) is 11.3 Å². The van der Waals surface area contributed by atoms with E-state index in [0.717, 1.165) is 32.5 Å². The fraction of sp³-hybridized carbons (Fsp3) is 0.438. The summed E-state index contributed by atoms with van der Waals surface area (Å²) in [6.45, 7) is 2.69. The molecule has 3 heterocycles. The van der Waals surface area contributed by atoms with Crippen LogP contribution in [-0.2, 0) is 11.3 Å². The second-order valence-corrected chi connectivity index (χ2v) is 6.70. The lowest BCUT2D eigenvalue weighted by Crippen LogP contribution is -2.41. The van der Waals surface area contributed by atoms with Crippen molar-refractivity contribution < 1.29 is 4.79 Å². The molecule has 0 saturated carbocycles. The number of piperidine rings is 1. The molecule has 0 radical (unpaired) electrons. The Morgan fingerprint density at radius 2 is 2.25 bits per heavy atom. The summed E-state index contributed by atoms with van der Waals surface area (Å²) < 4.78 is 1.31. The molecule has 2 aliphatic heterocycles. The number of hydrogen-bond acceptors (Lipinski definition) is 3. The van der Waals surface area contributed by atoms with Crippen LogP contribution in [0.3, 0.4) is 0 Å². The predicted molar refractivity (Wildman–Crippen MR) is 81.8 cm³/mol. The summed E-state index contributed by atoms with van der Waals surface area (Å²) >= 11 is 1.77. The summed E-state index contributed by atoms with van der Waals surface area (Å²) in [6.07, 6.45) is 2.18. The summed E-state index contributed by atoms with van der Waals surface area (Å²) in [5, 5.41) is 7.00. The highest BCUT2D eigenvalue weighted by Crippen LogP contribution is 2.31. The number of nitrogens with zero attached hydrogens (tertiary/aromatic N) is 1. The molecule has 104 valence electrons. The van der Waals surface area contributed by atoms with Crippen molar-refractivity contribution in [3.63, 3.8) is 0 Å². The molecular formula is C16H18N2OS. The molecule has 2 aromatic rings. The van der Waals surface area contributed by atoms with E-state index in [-0.39, 0.29) is 5.92 Å². The number of fused-ring (bicyclic) bond motifs is 2. The van der Waals surface area contributed by atoms with Gasteiger partial charge in [-0.05, 0) is 41.8 Å². The molecule has 4 rings (SSSR count). The van der Waals surface area contributed by atoms with Crippen molar-refractivity contribution in [1.29, 1.82) is 0 Å². The van der Waals surface area contributed by atoms with Crippen molar-refractivity contribution in [1.82, 2.24) is 10.2 Å². The normalized spacial score (nSPS) is 26.2. The predicted octanol–water partition coefficient (Wildman–Crippen LogP) is 2.61. The Balaban J connectivity index is 1.58. The van der Waals surface area contributed by atoms with E-state index in [0.29, 0.717) is 11.9 Å². The van der Waals surface area contributed by atoms with Crippen LogP contribution in [0, 0.1) is 5.92 Å². The Labute approximate surface area is 122 Å². The summed E-state index contributed by atoms with van der Waals surface area (Å²) in [7, 11) is 0. The van der Waals surface area contributed by atoms with Gasteiger partial charge in [0.1, 0.15) is 0 Å². The average Bonchev–Trinajstić information content (AvgIpc) is 3.03. The molecule has 2 aliphatic rings. The Bertz CT molecular complexity index is 651. The average molecular weight is 286 g/mol. The number of carbonyl (C=O) groups excluding carboxylic acids is 1. The minimum Gasteiger partial charge on any atom is -0.336 e. The summed E-state index contributed by atoms with van der Waals surface area (Å²) in [5.74, 6) is 0.561. The largest absolute Gasteiger partial charge is 0.336 e. The number of amides is 1. The van der Waals surface area contributed by atoms with E-state index in [1.165, 1.54) is 15.6 Å². The van der Waals surface area contributed by atoms with Gasteiger partial charge >= 0.3 is 0 Å². The van der Waals surface area contributed by atoms with Crippen molar-refractivity contribution in [2.24, 2.45) is 5.92 Å². The number of rotatable bonds is 2. The molecule has 0 bridgehead atoms. The standard InChI is InChI=1S/C16H18N2OS/c19-16-13-5-3-7-17-14(13)9-18(16)8-11-10-20-15-6-2-1-4-12(11)15/h1-2,4,6,10,13-14,17H,3,5,7-9H2. The van der Waals surface area contributed by atoms with E-state index < -0.39 is 0 Å². The first kappa shape index (κ1) is 12.4. The number of nitrogens with one attached hydrogen (secondary N) is 1. The lowest BCUT2D eigenvalue weighted by atomic mass is 9.94. The molecule has 2 saturated heterocycles. The van der Waals surface area contributed by atoms with Crippen molar-refractivity contribution in [3.05, 3.63) is 35.2 Å². The van der Waals surface area contributed by atoms with Crippen molar-refractivity contribution in [2.45, 2.75) is 25.4 Å². The Morgan fingerprint density at radius 3 is 3.15 bits per heavy atom. The summed E-state index contributed by atoms with van der Waals surface area (Å²) in [4.78, 5) is 14.5. The minimum atomic E-state index is 0.216. The lowest BCUT2D eigenvalue weighted by Gasteiger charge is -2.23. The third-order valence-corrected chi connectivity index (χ3v) is 5.56. The van der Waals surface area contributed by atoms with Gasteiger partial charge in [-0.15, -0.1) is 11.3 Å². The highest BCUT2D eigenvalue weighted by Gasteiger charge is 2.41. The topological polar surface area (TPSA) is 32.3 Å². The van der Waals surface area contributed by atoms with Crippen LogP contribution in [0.2, 0.25) is 0 Å². The van der Waals surface area contributed by atoms with Crippen LogP contribution in [0.4, 0.5) is 0 Å². The maximum absolute atomic E-state index is 12.5. The third-order valence-electron chi connectivity index (χ3n) is 4.55. The molecule has 2 atom stereocenters. The molecule has 2 fully saturated rings. The van der Waals surface area contributed by atoms with E-state index in [2.05, 4.69) is 35.0 Å². The van der Waals surface area contributed by atoms with Gasteiger partial charge in [-0.25, -0.2) is 0 Å². The molecular weight excluding hydrogens is 268 g/mol. The quantitative estimate of drug-likeness (QED) is 0.920. The second-order valence-electron chi connectivity index (χ2n) is 5.79. The van der Waals surface area contributed by atoms with Gasteiger partial charge in [0, 0.05) is 23.8 Å². The van der Waals surface area contributed by atoms with E-state index >= 15 is 0 Å². The molecule has 1 amide bonds. The first-order valence-corrected chi connectivity index (χ1v) is 8.18. The molecule has 4 heteroatoms. The summed E-state index contributed by atoms with van der Waals surface area (Å²) in [6, 6.07) is 8.83. The maximum Gasteiger partial charge on any atom is 0.227 e. The molecule has 1 N–H and O–H groups in total. The first-order valence-electron chi connectivity index (χ1n) is 7.30. The fourth-order valence-corrected chi connectivity index (χ4v) is 4.46. The molecule has 0 spiro atoms. The van der Waals surface area contributed by atoms with Gasteiger partial charge in [-0.2, -0.15) is 0 Å². The van der Waals surface area contributed by atoms with Crippen molar-refractivity contribution in [3.8, 4) is 0 Å². The number of likely N-dealkylation sites (tertiary alicyclic amines) is 1. The zero-order valence-electron chi connectivity index (χ0n) is 11.3. The number of carbonyl (C=O) groups is 1. The van der Waals surface area contributed by atoms with Gasteiger partial charge in [-0.1, -0.05) is 18.2 Å². The van der Waals surface area contributed by atoms with Gasteiger partial charge in [-0.3, -0.25) is 4.79 Å². The van der Waals surface area contributed by atoms with E-state index in [4.69, 9.17) is 0 Å². The van der Waals surface area contributed by atoms with Crippen molar-refractivity contribution in [2.75, 3.05) is 13.1 Å². The van der Waals surface area contributed by atoms with Crippen LogP contribution >= 0.6 is 11.3 Å². The Hall–Kier alpha value is -1.39. The van der Waals surface area contributed by atoms with Gasteiger partial charge in [0.2, 0.25) is 5.91 Å². The third kappa shape index (κ3) is 1.95. The zero-order valence-corrected chi connectivity index (χ0v) is 12.2. The fourth-order valence-electron chi connectivity index (χ4n) is 3.51. The zero-order chi connectivity index (χ0) is 13.5. The maximum atomic E-state index is 12.5. The monoisotopic (exact) mass is 286 g/mol. The van der Waals surface area contributed by atoms with Crippen molar-refractivity contribution >= 4 is 27.3 Å². The Morgan fingerprint density at radius 1 is 1.35 bits per heavy atom. The van der Waals surface area contributed by atoms with Gasteiger partial charge in [0.15, 0.2) is 0 Å². The van der Waals surface area contributed by atoms with Gasteiger partial charge in [0.25, 0.3) is 0 Å². The SMILES string of the molecule is O=C1C2CCCNC2CN1Cc1csc2ccccc12. The van der Waals surface area contributed by atoms with Crippen LogP contribution in [0.1, 0.15) is 18.4 Å². The van der Waals surface area contributed by atoms with Crippen LogP contribution in [-0.4, -0.2) is 29.9 Å². The molecule has 0 aliphatic carbocycles. The van der Waals surface area contributed by atoms with Crippen LogP contribution in [0.25, 0.3) is 10.1 Å². The van der Waals surface area contributed by atoms with Gasteiger partial charge in [0.05, 0.1) is 5.92 Å². The van der Waals surface area contributed by atoms with Crippen LogP contribution in [0.5, 0.6) is 0 Å². The lowest BCUT2D eigenvalue weighted by molar-refractivity contribution is -0.131. The molecule has 1 aromatic carbocycles. The first-order chi connectivity index (χ1) is 9.83.